The summed E-state index contributed by atoms with van der Waals surface area (Å²) in [5.41, 5.74) is 1.12. The summed E-state index contributed by atoms with van der Waals surface area (Å²) in [4.78, 5) is 30.3. The number of thiazole rings is 1. The second-order valence-electron chi connectivity index (χ2n) is 10.3. The summed E-state index contributed by atoms with van der Waals surface area (Å²) in [5, 5.41) is 27.8. The van der Waals surface area contributed by atoms with Crippen LogP contribution in [-0.4, -0.2) is 52.8 Å². The Morgan fingerprint density at radius 1 is 1.18 bits per heavy atom. The van der Waals surface area contributed by atoms with Crippen LogP contribution in [-0.2, 0) is 16.0 Å². The lowest BCUT2D eigenvalue weighted by Gasteiger charge is -2.58. The number of carbonyl (C=O) groups is 2. The molecule has 4 rings (SSSR count). The van der Waals surface area contributed by atoms with Crippen molar-refractivity contribution >= 4 is 23.2 Å². The summed E-state index contributed by atoms with van der Waals surface area (Å²) in [6.45, 7) is 6.31. The van der Waals surface area contributed by atoms with E-state index in [9.17, 15) is 19.8 Å². The van der Waals surface area contributed by atoms with Crippen LogP contribution in [0.2, 0.25) is 0 Å². The molecule has 1 aromatic carbocycles. The molecule has 7 nitrogen and oxygen atoms in total. The highest BCUT2D eigenvalue weighted by Crippen LogP contribution is 2.62. The highest BCUT2D eigenvalue weighted by molar-refractivity contribution is 7.15. The smallest absolute Gasteiger partial charge is 0.220 e. The highest BCUT2D eigenvalue weighted by atomic mass is 32.1. The number of aliphatic hydroxyl groups is 2. The third kappa shape index (κ3) is 4.51. The van der Waals surface area contributed by atoms with Crippen molar-refractivity contribution in [1.29, 1.82) is 0 Å². The van der Waals surface area contributed by atoms with E-state index >= 15 is 0 Å². The number of carbonyl (C=O) groups excluding carboxylic acids is 2. The molecule has 4 N–H and O–H groups in total. The minimum Gasteiger partial charge on any atom is -0.396 e. The first-order valence-corrected chi connectivity index (χ1v) is 12.9. The molecule has 1 aromatic heterocycles. The summed E-state index contributed by atoms with van der Waals surface area (Å²) in [5.74, 6) is -0.285. The van der Waals surface area contributed by atoms with E-state index in [4.69, 9.17) is 4.98 Å². The van der Waals surface area contributed by atoms with Crippen molar-refractivity contribution in [2.45, 2.75) is 58.5 Å². The van der Waals surface area contributed by atoms with Crippen LogP contribution in [0.15, 0.2) is 30.3 Å². The van der Waals surface area contributed by atoms with Crippen molar-refractivity contribution < 1.29 is 19.8 Å². The predicted octanol–water partition coefficient (Wildman–Crippen LogP) is 2.87. The van der Waals surface area contributed by atoms with Gasteiger partial charge in [0.15, 0.2) is 0 Å². The van der Waals surface area contributed by atoms with Gasteiger partial charge in [-0.25, -0.2) is 4.98 Å². The Labute approximate surface area is 205 Å². The Hall–Kier alpha value is -2.29. The van der Waals surface area contributed by atoms with Crippen LogP contribution in [0.25, 0.3) is 10.6 Å². The number of nitrogens with one attached hydrogen (secondary N) is 2. The van der Waals surface area contributed by atoms with Gasteiger partial charge in [-0.2, -0.15) is 0 Å². The van der Waals surface area contributed by atoms with E-state index in [2.05, 4.69) is 17.6 Å². The Morgan fingerprint density at radius 3 is 2.56 bits per heavy atom. The van der Waals surface area contributed by atoms with Gasteiger partial charge in [-0.15, -0.1) is 11.3 Å². The molecular weight excluding hydrogens is 450 g/mol. The lowest BCUT2D eigenvalue weighted by atomic mass is 9.47. The van der Waals surface area contributed by atoms with Crippen LogP contribution < -0.4 is 10.6 Å². The molecule has 1 saturated carbocycles. The monoisotopic (exact) mass is 485 g/mol. The molecule has 0 unspecified atom stereocenters. The van der Waals surface area contributed by atoms with E-state index in [1.165, 1.54) is 6.92 Å². The zero-order valence-corrected chi connectivity index (χ0v) is 21.0. The molecule has 34 heavy (non-hydrogen) atoms. The Bertz CT molecular complexity index is 1040. The summed E-state index contributed by atoms with van der Waals surface area (Å²) < 4.78 is 0. The van der Waals surface area contributed by atoms with E-state index < -0.39 is 11.5 Å². The van der Waals surface area contributed by atoms with Crippen molar-refractivity contribution in [2.75, 3.05) is 19.7 Å². The van der Waals surface area contributed by atoms with Gasteiger partial charge in [-0.05, 0) is 30.6 Å². The van der Waals surface area contributed by atoms with Crippen molar-refractivity contribution in [3.63, 3.8) is 0 Å². The van der Waals surface area contributed by atoms with Gasteiger partial charge in [-0.3, -0.25) is 9.59 Å². The molecule has 2 amide bonds. The van der Waals surface area contributed by atoms with Crippen LogP contribution in [0, 0.1) is 16.7 Å². The SMILES string of the molecule is CC(=O)NCCNC(=O)C[C@@H]1c2nc(-c3ccccc3)sc2C[C@@H]2[C@](C)(CO)[C@H](O)CC[C@]21C. The number of hydrogen-bond acceptors (Lipinski definition) is 6. The van der Waals surface area contributed by atoms with E-state index in [0.29, 0.717) is 19.5 Å². The van der Waals surface area contributed by atoms with Crippen molar-refractivity contribution in [3.05, 3.63) is 40.9 Å². The van der Waals surface area contributed by atoms with Gasteiger partial charge in [0.25, 0.3) is 0 Å². The molecule has 2 aliphatic rings. The number of fused-ring (bicyclic) bond motifs is 2. The maximum atomic E-state index is 13.0. The minimum atomic E-state index is -0.637. The Kier molecular flexibility index (Phi) is 7.12. The molecule has 2 aromatic rings. The van der Waals surface area contributed by atoms with Gasteiger partial charge in [0.2, 0.25) is 11.8 Å². The van der Waals surface area contributed by atoms with Crippen LogP contribution in [0.1, 0.15) is 56.5 Å². The van der Waals surface area contributed by atoms with Crippen molar-refractivity contribution in [1.82, 2.24) is 15.6 Å². The Morgan fingerprint density at radius 2 is 1.88 bits per heavy atom. The maximum Gasteiger partial charge on any atom is 0.220 e. The first-order chi connectivity index (χ1) is 16.2. The number of benzene rings is 1. The fourth-order valence-electron chi connectivity index (χ4n) is 6.05. The second-order valence-corrected chi connectivity index (χ2v) is 11.3. The molecule has 0 radical (unpaired) electrons. The normalized spacial score (nSPS) is 30.2. The first kappa shape index (κ1) is 24.8. The summed E-state index contributed by atoms with van der Waals surface area (Å²) in [7, 11) is 0. The lowest BCUT2D eigenvalue weighted by molar-refractivity contribution is -0.144. The quantitative estimate of drug-likeness (QED) is 0.451. The molecule has 2 aliphatic carbocycles. The largest absolute Gasteiger partial charge is 0.396 e. The number of nitrogens with zero attached hydrogens (tertiary/aromatic N) is 1. The summed E-state index contributed by atoms with van der Waals surface area (Å²) >= 11 is 1.66. The summed E-state index contributed by atoms with van der Waals surface area (Å²) in [6, 6.07) is 10.1. The first-order valence-electron chi connectivity index (χ1n) is 12.0. The van der Waals surface area contributed by atoms with E-state index in [-0.39, 0.29) is 42.1 Å². The van der Waals surface area contributed by atoms with Crippen LogP contribution in [0.5, 0.6) is 0 Å². The number of hydrogen-bond donors (Lipinski definition) is 4. The lowest BCUT2D eigenvalue weighted by Crippen LogP contribution is -2.57. The van der Waals surface area contributed by atoms with Crippen molar-refractivity contribution in [3.8, 4) is 10.6 Å². The van der Waals surface area contributed by atoms with Gasteiger partial charge in [0, 0.05) is 48.2 Å². The third-order valence-corrected chi connectivity index (χ3v) is 9.27. The molecule has 1 heterocycles. The molecule has 1 fully saturated rings. The third-order valence-electron chi connectivity index (χ3n) is 8.13. The van der Waals surface area contributed by atoms with Crippen LogP contribution in [0.3, 0.4) is 0 Å². The zero-order chi connectivity index (χ0) is 24.5. The van der Waals surface area contributed by atoms with Gasteiger partial charge < -0.3 is 20.8 Å². The van der Waals surface area contributed by atoms with Crippen molar-refractivity contribution in [2.24, 2.45) is 16.7 Å². The fourth-order valence-corrected chi connectivity index (χ4v) is 7.22. The van der Waals surface area contributed by atoms with Gasteiger partial charge in [0.1, 0.15) is 5.01 Å². The average Bonchev–Trinajstić information content (AvgIpc) is 3.25. The highest BCUT2D eigenvalue weighted by Gasteiger charge is 2.59. The topological polar surface area (TPSA) is 112 Å². The Balaban J connectivity index is 1.68. The van der Waals surface area contributed by atoms with Gasteiger partial charge >= 0.3 is 0 Å². The fraction of sp³-hybridized carbons (Fsp3) is 0.577. The van der Waals surface area contributed by atoms with Crippen LogP contribution in [0.4, 0.5) is 0 Å². The molecule has 0 bridgehead atoms. The maximum absolute atomic E-state index is 13.0. The molecule has 0 spiro atoms. The van der Waals surface area contributed by atoms with Crippen LogP contribution >= 0.6 is 11.3 Å². The van der Waals surface area contributed by atoms with E-state index in [0.717, 1.165) is 34.0 Å². The predicted molar refractivity (Wildman–Crippen MR) is 132 cm³/mol. The van der Waals surface area contributed by atoms with Gasteiger partial charge in [-0.1, -0.05) is 44.2 Å². The van der Waals surface area contributed by atoms with E-state index in [1.807, 2.05) is 37.3 Å². The number of aliphatic hydroxyl groups excluding tert-OH is 2. The summed E-state index contributed by atoms with van der Waals surface area (Å²) in [6.07, 6.45) is 1.82. The number of rotatable bonds is 7. The zero-order valence-electron chi connectivity index (χ0n) is 20.1. The molecule has 0 saturated heterocycles. The number of amides is 2. The molecule has 184 valence electrons. The standard InChI is InChI=1S/C26H35N3O4S/c1-16(31)27-11-12-28-22(33)13-18-23-19(34-24(29-23)17-7-5-4-6-8-17)14-20-25(18,2)10-9-21(32)26(20,3)15-30/h4-8,18,20-21,30,32H,9-15H2,1-3H3,(H,27,31)(H,28,33)/t18-,20+,21-,25+,26+/m1/s1. The average molecular weight is 486 g/mol. The molecule has 5 atom stereocenters. The minimum absolute atomic E-state index is 0.0301. The molecule has 8 heteroatoms. The second kappa shape index (κ2) is 9.76. The number of aromatic nitrogens is 1. The molecular formula is C26H35N3O4S. The van der Waals surface area contributed by atoms with E-state index in [1.54, 1.807) is 11.3 Å². The van der Waals surface area contributed by atoms with Gasteiger partial charge in [0.05, 0.1) is 18.4 Å². The molecule has 0 aliphatic heterocycles.